The van der Waals surface area contributed by atoms with Crippen molar-refractivity contribution in [2.45, 2.75) is 116 Å². The molecule has 0 aliphatic rings. The molecular formula is C25H50ClNO4. The normalized spacial score (nSPS) is 12.2. The van der Waals surface area contributed by atoms with Crippen LogP contribution in [0.2, 0.25) is 0 Å². The number of ether oxygens (including phenoxy) is 2. The lowest BCUT2D eigenvalue weighted by atomic mass is 10.1. The summed E-state index contributed by atoms with van der Waals surface area (Å²) in [5, 5.41) is 0. The minimum Gasteiger partial charge on any atom is -1.00 e. The van der Waals surface area contributed by atoms with Crippen molar-refractivity contribution in [3.63, 3.8) is 0 Å². The van der Waals surface area contributed by atoms with Crippen LogP contribution in [0.15, 0.2) is 0 Å². The molecule has 0 saturated heterocycles. The van der Waals surface area contributed by atoms with E-state index < -0.39 is 6.10 Å². The molecule has 0 unspecified atom stereocenters. The Morgan fingerprint density at radius 3 is 1.71 bits per heavy atom. The zero-order valence-corrected chi connectivity index (χ0v) is 21.8. The van der Waals surface area contributed by atoms with Crippen molar-refractivity contribution >= 4 is 11.9 Å². The smallest absolute Gasteiger partial charge is 0.309 e. The Balaban J connectivity index is 0. The number of carbonyl (C=O) groups is 2. The van der Waals surface area contributed by atoms with Crippen LogP contribution in [0.1, 0.15) is 110 Å². The number of quaternary nitrogens is 1. The van der Waals surface area contributed by atoms with Gasteiger partial charge in [0.25, 0.3) is 0 Å². The Labute approximate surface area is 198 Å². The van der Waals surface area contributed by atoms with Crippen LogP contribution < -0.4 is 12.4 Å². The highest BCUT2D eigenvalue weighted by Gasteiger charge is 2.25. The Hall–Kier alpha value is -0.810. The number of hydrogen-bond acceptors (Lipinski definition) is 4. The first-order valence-corrected chi connectivity index (χ1v) is 12.4. The number of unbranched alkanes of at least 4 members (excludes halogenated alkanes) is 11. The maximum atomic E-state index is 12.2. The lowest BCUT2D eigenvalue weighted by Gasteiger charge is -2.28. The number of rotatable bonds is 20. The van der Waals surface area contributed by atoms with E-state index in [1.54, 1.807) is 0 Å². The van der Waals surface area contributed by atoms with E-state index in [-0.39, 0.29) is 30.8 Å². The summed E-state index contributed by atoms with van der Waals surface area (Å²) in [6, 6.07) is 0. The molecule has 0 bridgehead atoms. The quantitative estimate of drug-likeness (QED) is 0.158. The highest BCUT2D eigenvalue weighted by Crippen LogP contribution is 2.12. The molecule has 0 aliphatic carbocycles. The van der Waals surface area contributed by atoms with E-state index in [4.69, 9.17) is 9.47 Å². The van der Waals surface area contributed by atoms with Crippen LogP contribution in [-0.2, 0) is 19.1 Å². The molecule has 6 heteroatoms. The summed E-state index contributed by atoms with van der Waals surface area (Å²) in [5.41, 5.74) is 0. The Morgan fingerprint density at radius 2 is 1.19 bits per heavy atom. The number of nitrogens with zero attached hydrogens (tertiary/aromatic N) is 1. The molecule has 0 rings (SSSR count). The number of halogens is 1. The monoisotopic (exact) mass is 463 g/mol. The summed E-state index contributed by atoms with van der Waals surface area (Å²) < 4.78 is 11.7. The van der Waals surface area contributed by atoms with Crippen LogP contribution in [0.5, 0.6) is 0 Å². The van der Waals surface area contributed by atoms with Crippen LogP contribution in [0.3, 0.4) is 0 Å². The summed E-state index contributed by atoms with van der Waals surface area (Å²) in [5.74, 6) is -0.455. The second-order valence-electron chi connectivity index (χ2n) is 9.65. The topological polar surface area (TPSA) is 52.6 Å². The van der Waals surface area contributed by atoms with Gasteiger partial charge in [0.05, 0.1) is 34.2 Å². The van der Waals surface area contributed by atoms with E-state index in [0.29, 0.717) is 24.1 Å². The molecule has 0 spiro atoms. The fourth-order valence-corrected chi connectivity index (χ4v) is 3.54. The van der Waals surface area contributed by atoms with E-state index in [0.717, 1.165) is 38.5 Å². The summed E-state index contributed by atoms with van der Waals surface area (Å²) >= 11 is 0. The molecule has 0 fully saturated rings. The Bertz CT molecular complexity index is 438. The zero-order chi connectivity index (χ0) is 22.7. The molecular weight excluding hydrogens is 414 g/mol. The molecule has 1 atom stereocenters. The molecule has 0 aliphatic heterocycles. The first-order valence-electron chi connectivity index (χ1n) is 12.4. The molecule has 0 saturated carbocycles. The summed E-state index contributed by atoms with van der Waals surface area (Å²) in [6.07, 6.45) is 15.5. The number of esters is 2. The van der Waals surface area contributed by atoms with Crippen LogP contribution in [0.25, 0.3) is 0 Å². The van der Waals surface area contributed by atoms with Crippen molar-refractivity contribution in [2.75, 3.05) is 34.3 Å². The van der Waals surface area contributed by atoms with Crippen LogP contribution >= 0.6 is 0 Å². The standard InChI is InChI=1S/C25H50NO4.ClH/c1-6-8-10-12-13-14-15-16-18-20-29-25(28)21-23(22-26(3,4)5)30-24(27)19-17-11-9-7-2;/h23H,6-22H2,1-5H3;1H/q+1;/p-1/t23-;/m1./s1. The van der Waals surface area contributed by atoms with Crippen molar-refractivity contribution in [1.29, 1.82) is 0 Å². The lowest BCUT2D eigenvalue weighted by Crippen LogP contribution is -3.00. The maximum Gasteiger partial charge on any atom is 0.309 e. The first-order chi connectivity index (χ1) is 14.3. The van der Waals surface area contributed by atoms with E-state index in [1.165, 1.54) is 44.9 Å². The van der Waals surface area contributed by atoms with Gasteiger partial charge in [-0.25, -0.2) is 0 Å². The van der Waals surface area contributed by atoms with Crippen LogP contribution in [-0.4, -0.2) is 56.8 Å². The minimum atomic E-state index is -0.417. The molecule has 0 aromatic carbocycles. The largest absolute Gasteiger partial charge is 1.00 e. The molecule has 31 heavy (non-hydrogen) atoms. The van der Waals surface area contributed by atoms with Crippen molar-refractivity contribution < 1.29 is 36.0 Å². The van der Waals surface area contributed by atoms with Crippen LogP contribution in [0.4, 0.5) is 0 Å². The number of carbonyl (C=O) groups excluding carboxylic acids is 2. The predicted molar refractivity (Wildman–Crippen MR) is 124 cm³/mol. The minimum absolute atomic E-state index is 0. The number of likely N-dealkylation sites (N-methyl/N-ethyl adjacent to an activating group) is 1. The summed E-state index contributed by atoms with van der Waals surface area (Å²) in [6.45, 7) is 5.46. The van der Waals surface area contributed by atoms with E-state index in [1.807, 2.05) is 21.1 Å². The Kier molecular flexibility index (Phi) is 22.0. The third-order valence-corrected chi connectivity index (χ3v) is 5.19. The van der Waals surface area contributed by atoms with Gasteiger partial charge in [-0.3, -0.25) is 9.59 Å². The predicted octanol–water partition coefficient (Wildman–Crippen LogP) is 3.04. The molecule has 0 aromatic heterocycles. The maximum absolute atomic E-state index is 12.2. The van der Waals surface area contributed by atoms with Crippen molar-refractivity contribution in [3.05, 3.63) is 0 Å². The Morgan fingerprint density at radius 1 is 0.710 bits per heavy atom. The lowest BCUT2D eigenvalue weighted by molar-refractivity contribution is -0.873. The fraction of sp³-hybridized carbons (Fsp3) is 0.920. The molecule has 0 aromatic rings. The average molecular weight is 464 g/mol. The van der Waals surface area contributed by atoms with Gasteiger partial charge >= 0.3 is 11.9 Å². The molecule has 0 radical (unpaired) electrons. The van der Waals surface area contributed by atoms with Gasteiger partial charge in [0.15, 0.2) is 6.10 Å². The van der Waals surface area contributed by atoms with Gasteiger partial charge in [-0.2, -0.15) is 0 Å². The van der Waals surface area contributed by atoms with Gasteiger partial charge < -0.3 is 26.4 Å². The van der Waals surface area contributed by atoms with Crippen LogP contribution in [0, 0.1) is 0 Å². The molecule has 0 N–H and O–H groups in total. The first kappa shape index (κ1) is 32.4. The van der Waals surface area contributed by atoms with Crippen molar-refractivity contribution in [1.82, 2.24) is 0 Å². The highest BCUT2D eigenvalue weighted by molar-refractivity contribution is 5.72. The van der Waals surface area contributed by atoms with Gasteiger partial charge in [0, 0.05) is 6.42 Å². The van der Waals surface area contributed by atoms with Gasteiger partial charge in [-0.05, 0) is 12.8 Å². The number of hydrogen-bond donors (Lipinski definition) is 0. The molecule has 0 heterocycles. The van der Waals surface area contributed by atoms with E-state index >= 15 is 0 Å². The third-order valence-electron chi connectivity index (χ3n) is 5.19. The molecule has 186 valence electrons. The van der Waals surface area contributed by atoms with Gasteiger partial charge in [0.2, 0.25) is 0 Å². The molecule has 0 amide bonds. The van der Waals surface area contributed by atoms with Gasteiger partial charge in [-0.1, -0.05) is 84.5 Å². The second kappa shape index (κ2) is 21.1. The van der Waals surface area contributed by atoms with E-state index in [9.17, 15) is 9.59 Å². The fourth-order valence-electron chi connectivity index (χ4n) is 3.54. The van der Waals surface area contributed by atoms with Gasteiger partial charge in [-0.15, -0.1) is 0 Å². The molecule has 5 nitrogen and oxygen atoms in total. The zero-order valence-electron chi connectivity index (χ0n) is 21.1. The SMILES string of the molecule is CCCCCCCCCCCOC(=O)C[C@H](C[N+](C)(C)C)OC(=O)CCCCCC.[Cl-]. The van der Waals surface area contributed by atoms with E-state index in [2.05, 4.69) is 13.8 Å². The summed E-state index contributed by atoms with van der Waals surface area (Å²) in [4.78, 5) is 24.4. The highest BCUT2D eigenvalue weighted by atomic mass is 35.5. The third kappa shape index (κ3) is 23.7. The van der Waals surface area contributed by atoms with Crippen molar-refractivity contribution in [2.24, 2.45) is 0 Å². The van der Waals surface area contributed by atoms with Crippen molar-refractivity contribution in [3.8, 4) is 0 Å². The summed E-state index contributed by atoms with van der Waals surface area (Å²) in [7, 11) is 6.11. The second-order valence-corrected chi connectivity index (χ2v) is 9.65. The van der Waals surface area contributed by atoms with Gasteiger partial charge in [0.1, 0.15) is 6.54 Å². The average Bonchev–Trinajstić information content (AvgIpc) is 2.65.